The van der Waals surface area contributed by atoms with Gasteiger partial charge in [0.1, 0.15) is 11.2 Å². The summed E-state index contributed by atoms with van der Waals surface area (Å²) < 4.78 is 5.44. The van der Waals surface area contributed by atoms with E-state index in [9.17, 15) is 14.4 Å². The topological polar surface area (TPSA) is 72.5 Å². The molecule has 5 heteroatoms. The van der Waals surface area contributed by atoms with Gasteiger partial charge in [-0.25, -0.2) is 4.79 Å². The molecule has 2 rings (SSSR count). The van der Waals surface area contributed by atoms with Crippen molar-refractivity contribution in [3.05, 3.63) is 70.8 Å². The van der Waals surface area contributed by atoms with E-state index in [1.807, 2.05) is 31.2 Å². The van der Waals surface area contributed by atoms with Crippen molar-refractivity contribution in [1.82, 2.24) is 0 Å². The number of hydrogen-bond acceptors (Lipinski definition) is 4. The molecule has 0 radical (unpaired) electrons. The maximum atomic E-state index is 13.2. The van der Waals surface area contributed by atoms with Crippen molar-refractivity contribution in [2.24, 2.45) is 0 Å². The van der Waals surface area contributed by atoms with Gasteiger partial charge in [0.05, 0.1) is 5.69 Å². The van der Waals surface area contributed by atoms with E-state index in [0.717, 1.165) is 5.56 Å². The number of hydrogen-bond donors (Lipinski definition) is 1. The number of carbonyl (C=O) groups excluding carboxylic acids is 3. The van der Waals surface area contributed by atoms with Crippen LogP contribution in [0.1, 0.15) is 49.2 Å². The summed E-state index contributed by atoms with van der Waals surface area (Å²) in [5, 5.41) is 2.63. The fourth-order valence-electron chi connectivity index (χ4n) is 2.50. The number of carbonyl (C=O) groups is 3. The van der Waals surface area contributed by atoms with E-state index in [1.165, 1.54) is 13.0 Å². The van der Waals surface area contributed by atoms with Gasteiger partial charge in [0.25, 0.3) is 0 Å². The average molecular weight is 379 g/mol. The molecule has 1 N–H and O–H groups in total. The lowest BCUT2D eigenvalue weighted by Gasteiger charge is -2.20. The van der Waals surface area contributed by atoms with Gasteiger partial charge >= 0.3 is 5.97 Å². The van der Waals surface area contributed by atoms with E-state index in [0.29, 0.717) is 11.3 Å². The quantitative estimate of drug-likeness (QED) is 0.272. The van der Waals surface area contributed by atoms with Crippen molar-refractivity contribution < 1.29 is 19.1 Å². The Labute approximate surface area is 165 Å². The van der Waals surface area contributed by atoms with Crippen LogP contribution in [0, 0.1) is 6.92 Å². The van der Waals surface area contributed by atoms with E-state index in [4.69, 9.17) is 4.74 Å². The summed E-state index contributed by atoms with van der Waals surface area (Å²) in [5.41, 5.74) is 1.49. The largest absolute Gasteiger partial charge is 0.456 e. The number of esters is 1. The highest BCUT2D eigenvalue weighted by molar-refractivity contribution is 6.28. The Morgan fingerprint density at radius 2 is 1.57 bits per heavy atom. The van der Waals surface area contributed by atoms with Crippen LogP contribution in [-0.4, -0.2) is 23.3 Å². The van der Waals surface area contributed by atoms with Crippen LogP contribution in [0.4, 0.5) is 5.69 Å². The Bertz CT molecular complexity index is 918. The fraction of sp³-hybridized carbons (Fsp3) is 0.261. The summed E-state index contributed by atoms with van der Waals surface area (Å²) in [6.07, 6.45) is 1.51. The summed E-state index contributed by atoms with van der Waals surface area (Å²) in [6.45, 7) is 8.54. The molecule has 146 valence electrons. The number of benzene rings is 2. The molecule has 0 heterocycles. The molecule has 0 aromatic heterocycles. The first-order valence-corrected chi connectivity index (χ1v) is 9.00. The molecule has 0 spiro atoms. The first-order valence-electron chi connectivity index (χ1n) is 9.00. The second kappa shape index (κ2) is 8.65. The van der Waals surface area contributed by atoms with E-state index in [2.05, 4.69) is 5.32 Å². The van der Waals surface area contributed by atoms with E-state index >= 15 is 0 Å². The molecule has 0 aliphatic heterocycles. The first-order chi connectivity index (χ1) is 13.1. The number of amides is 1. The number of nitrogens with one attached hydrogen (secondary N) is 1. The normalized spacial score (nSPS) is 11.7. The highest BCUT2D eigenvalue weighted by Crippen LogP contribution is 2.23. The zero-order chi connectivity index (χ0) is 20.9. The predicted octanol–water partition coefficient (Wildman–Crippen LogP) is 4.56. The Balaban J connectivity index is 2.52. The molecule has 0 aliphatic rings. The van der Waals surface area contributed by atoms with Gasteiger partial charge in [-0.05, 0) is 51.5 Å². The van der Waals surface area contributed by atoms with Crippen molar-refractivity contribution in [3.63, 3.8) is 0 Å². The third-order valence-electron chi connectivity index (χ3n) is 3.73. The summed E-state index contributed by atoms with van der Waals surface area (Å²) in [5.74, 6) is -1.53. The minimum atomic E-state index is -0.749. The van der Waals surface area contributed by atoms with Gasteiger partial charge in [0.15, 0.2) is 0 Å². The van der Waals surface area contributed by atoms with Crippen molar-refractivity contribution in [2.45, 2.75) is 40.2 Å². The molecule has 0 fully saturated rings. The molecule has 1 amide bonds. The van der Waals surface area contributed by atoms with Gasteiger partial charge in [-0.1, -0.05) is 42.0 Å². The van der Waals surface area contributed by atoms with Crippen LogP contribution in [0.25, 0.3) is 6.08 Å². The summed E-state index contributed by atoms with van der Waals surface area (Å²) in [4.78, 5) is 37.5. The van der Waals surface area contributed by atoms with E-state index in [-0.39, 0.29) is 17.0 Å². The van der Waals surface area contributed by atoms with Gasteiger partial charge in [0.2, 0.25) is 11.7 Å². The minimum Gasteiger partial charge on any atom is -0.456 e. The summed E-state index contributed by atoms with van der Waals surface area (Å²) in [7, 11) is 0. The second-order valence-electron chi connectivity index (χ2n) is 7.53. The molecule has 0 saturated heterocycles. The lowest BCUT2D eigenvalue weighted by Crippen LogP contribution is -2.27. The van der Waals surface area contributed by atoms with Crippen molar-refractivity contribution in [2.75, 3.05) is 5.32 Å². The Kier molecular flexibility index (Phi) is 6.52. The fourth-order valence-corrected chi connectivity index (χ4v) is 2.50. The van der Waals surface area contributed by atoms with Crippen molar-refractivity contribution in [3.8, 4) is 0 Å². The zero-order valence-electron chi connectivity index (χ0n) is 16.8. The van der Waals surface area contributed by atoms with Crippen LogP contribution in [0.2, 0.25) is 0 Å². The maximum Gasteiger partial charge on any atom is 0.342 e. The average Bonchev–Trinajstić information content (AvgIpc) is 2.59. The third kappa shape index (κ3) is 5.91. The van der Waals surface area contributed by atoms with Crippen molar-refractivity contribution >= 4 is 29.4 Å². The summed E-state index contributed by atoms with van der Waals surface area (Å²) in [6, 6.07) is 14.0. The van der Waals surface area contributed by atoms with Gasteiger partial charge < -0.3 is 10.1 Å². The van der Waals surface area contributed by atoms with Crippen LogP contribution in [0.3, 0.4) is 0 Å². The molecular weight excluding hydrogens is 354 g/mol. The number of rotatable bonds is 5. The molecule has 0 saturated carbocycles. The lowest BCUT2D eigenvalue weighted by molar-refractivity contribution is -0.149. The second-order valence-corrected chi connectivity index (χ2v) is 7.53. The maximum absolute atomic E-state index is 13.2. The number of para-hydroxylation sites is 1. The third-order valence-corrected chi connectivity index (χ3v) is 3.73. The monoisotopic (exact) mass is 379 g/mol. The lowest BCUT2D eigenvalue weighted by atomic mass is 9.98. The SMILES string of the molecule is CC(=O)Nc1ccccc1C(=O)/C(=C\c1ccc(C)cc1)C(=O)OC(C)(C)C. The Hall–Kier alpha value is -3.21. The highest BCUT2D eigenvalue weighted by Gasteiger charge is 2.27. The van der Waals surface area contributed by atoms with Gasteiger partial charge in [-0.3, -0.25) is 9.59 Å². The molecule has 0 atom stereocenters. The number of ether oxygens (including phenoxy) is 1. The van der Waals surface area contributed by atoms with Crippen LogP contribution >= 0.6 is 0 Å². The Morgan fingerprint density at radius 1 is 0.964 bits per heavy atom. The van der Waals surface area contributed by atoms with Crippen LogP contribution in [0.15, 0.2) is 54.1 Å². The standard InChI is InChI=1S/C23H25NO4/c1-15-10-12-17(13-11-15)14-19(22(27)28-23(3,4)5)21(26)18-8-6-7-9-20(18)24-16(2)25/h6-14H,1-5H3,(H,24,25)/b19-14+. The molecule has 0 bridgehead atoms. The van der Waals surface area contributed by atoms with Crippen LogP contribution in [-0.2, 0) is 14.3 Å². The molecule has 28 heavy (non-hydrogen) atoms. The van der Waals surface area contributed by atoms with Crippen molar-refractivity contribution in [1.29, 1.82) is 0 Å². The zero-order valence-corrected chi connectivity index (χ0v) is 16.8. The number of anilines is 1. The number of aryl methyl sites for hydroxylation is 1. The molecule has 0 aliphatic carbocycles. The molecule has 0 unspecified atom stereocenters. The molecule has 2 aromatic rings. The highest BCUT2D eigenvalue weighted by atomic mass is 16.6. The summed E-state index contributed by atoms with van der Waals surface area (Å²) >= 11 is 0. The van der Waals surface area contributed by atoms with Crippen LogP contribution in [0.5, 0.6) is 0 Å². The van der Waals surface area contributed by atoms with E-state index < -0.39 is 17.4 Å². The molecule has 5 nitrogen and oxygen atoms in total. The number of Topliss-reactive ketones (excluding diaryl/α,β-unsaturated/α-hetero) is 1. The van der Waals surface area contributed by atoms with Crippen LogP contribution < -0.4 is 5.32 Å². The minimum absolute atomic E-state index is 0.100. The molecular formula is C23H25NO4. The van der Waals surface area contributed by atoms with Gasteiger partial charge in [-0.15, -0.1) is 0 Å². The predicted molar refractivity (Wildman–Crippen MR) is 110 cm³/mol. The smallest absolute Gasteiger partial charge is 0.342 e. The number of ketones is 1. The van der Waals surface area contributed by atoms with Gasteiger partial charge in [-0.2, -0.15) is 0 Å². The first kappa shape index (κ1) is 21.1. The van der Waals surface area contributed by atoms with Gasteiger partial charge in [0, 0.05) is 12.5 Å². The molecule has 2 aromatic carbocycles. The van der Waals surface area contributed by atoms with E-state index in [1.54, 1.807) is 45.0 Å². The Morgan fingerprint density at radius 3 is 2.14 bits per heavy atom.